The fourth-order valence-electron chi connectivity index (χ4n) is 5.81. The van der Waals surface area contributed by atoms with Crippen LogP contribution in [0.1, 0.15) is 96.3 Å². The number of esters is 2. The second kappa shape index (κ2) is 10.7. The largest absolute Gasteiger partial charge is 0.482 e. The number of ether oxygens (including phenoxy) is 4. The molecule has 5 rings (SSSR count). The van der Waals surface area contributed by atoms with Gasteiger partial charge in [-0.25, -0.2) is 9.59 Å². The van der Waals surface area contributed by atoms with Gasteiger partial charge in [0, 0.05) is 11.1 Å². The lowest BCUT2D eigenvalue weighted by atomic mass is 9.82. The lowest BCUT2D eigenvalue weighted by molar-refractivity contribution is -0.171. The quantitative estimate of drug-likeness (QED) is 0.214. The molecule has 7 nitrogen and oxygen atoms in total. The highest BCUT2D eigenvalue weighted by Crippen LogP contribution is 2.55. The second-order valence-electron chi connectivity index (χ2n) is 11.4. The Balaban J connectivity index is 1.75. The van der Waals surface area contributed by atoms with Crippen LogP contribution in [0.2, 0.25) is 0 Å². The zero-order valence-corrected chi connectivity index (χ0v) is 24.5. The first-order chi connectivity index (χ1) is 19.5. The summed E-state index contributed by atoms with van der Waals surface area (Å²) in [5.74, 6) is -2.02. The average molecular weight is 557 g/mol. The van der Waals surface area contributed by atoms with Crippen molar-refractivity contribution in [3.05, 3.63) is 81.9 Å². The summed E-state index contributed by atoms with van der Waals surface area (Å²) >= 11 is 0. The van der Waals surface area contributed by atoms with Crippen molar-refractivity contribution < 1.29 is 33.3 Å². The fourth-order valence-corrected chi connectivity index (χ4v) is 5.81. The summed E-state index contributed by atoms with van der Waals surface area (Å²) in [4.78, 5) is 38.7. The molecule has 0 radical (unpaired) electrons. The number of unbranched alkanes of at least 4 members (excludes halogenated alkanes) is 2. The van der Waals surface area contributed by atoms with E-state index in [1.807, 2.05) is 39.0 Å². The molecule has 0 saturated heterocycles. The van der Waals surface area contributed by atoms with Crippen molar-refractivity contribution in [2.45, 2.75) is 78.1 Å². The van der Waals surface area contributed by atoms with Crippen LogP contribution in [-0.2, 0) is 32.1 Å². The molecule has 0 N–H and O–H groups in total. The van der Waals surface area contributed by atoms with Gasteiger partial charge in [0.15, 0.2) is 5.75 Å². The number of carbonyl (C=O) groups excluding carboxylic acids is 3. The highest BCUT2D eigenvalue weighted by Gasteiger charge is 2.49. The molecule has 1 atom stereocenters. The van der Waals surface area contributed by atoms with Gasteiger partial charge in [0.1, 0.15) is 22.7 Å². The van der Waals surface area contributed by atoms with Gasteiger partial charge in [-0.15, -0.1) is 0 Å². The van der Waals surface area contributed by atoms with E-state index in [-0.39, 0.29) is 12.2 Å². The first-order valence-corrected chi connectivity index (χ1v) is 14.1. The maximum atomic E-state index is 14.0. The molecule has 2 aliphatic rings. The summed E-state index contributed by atoms with van der Waals surface area (Å²) in [5.41, 5.74) is 4.92. The smallest absolute Gasteiger partial charge is 0.345 e. The third-order valence-electron chi connectivity index (χ3n) is 7.79. The molecule has 0 aromatic heterocycles. The number of methoxy groups -OCH3 is 1. The molecule has 214 valence electrons. The summed E-state index contributed by atoms with van der Waals surface area (Å²) in [6, 6.07) is 14.5. The number of fused-ring (bicyclic) bond motifs is 5. The van der Waals surface area contributed by atoms with Gasteiger partial charge in [-0.3, -0.25) is 4.79 Å². The van der Waals surface area contributed by atoms with E-state index in [1.54, 1.807) is 24.3 Å². The van der Waals surface area contributed by atoms with Gasteiger partial charge in [0.2, 0.25) is 0 Å². The van der Waals surface area contributed by atoms with Crippen molar-refractivity contribution in [1.29, 1.82) is 0 Å². The molecule has 0 spiro atoms. The third-order valence-corrected chi connectivity index (χ3v) is 7.79. The predicted octanol–water partition coefficient (Wildman–Crippen LogP) is 7.19. The number of Topliss-reactive ketones (excluding diaryl/α,β-unsaturated/α-hetero) is 1. The maximum Gasteiger partial charge on any atom is 0.345 e. The standard InChI is InChI=1S/C34H36O7/c1-7-8-9-10-23-18-27-29(25-17-20(2)11-16-26(25)33(4,5)39-27)30-28(23)32(37)41-34(40-30,19-21(3)35)24-14-12-22(13-15-24)31(36)38-6/h11-18H,7-10,19H2,1-6H3. The lowest BCUT2D eigenvalue weighted by Crippen LogP contribution is -2.44. The van der Waals surface area contributed by atoms with Crippen LogP contribution in [0.25, 0.3) is 11.1 Å². The molecule has 0 saturated carbocycles. The molecule has 2 aliphatic heterocycles. The fraction of sp³-hybridized carbons (Fsp3) is 0.382. The van der Waals surface area contributed by atoms with E-state index >= 15 is 0 Å². The molecule has 1 unspecified atom stereocenters. The van der Waals surface area contributed by atoms with Crippen LogP contribution in [0.4, 0.5) is 0 Å². The monoisotopic (exact) mass is 556 g/mol. The molecule has 0 aliphatic carbocycles. The Morgan fingerprint density at radius 1 is 0.927 bits per heavy atom. The molecule has 41 heavy (non-hydrogen) atoms. The van der Waals surface area contributed by atoms with Crippen LogP contribution >= 0.6 is 0 Å². The lowest BCUT2D eigenvalue weighted by Gasteiger charge is -2.42. The number of ketones is 1. The van der Waals surface area contributed by atoms with Gasteiger partial charge in [0.05, 0.1) is 24.7 Å². The number of cyclic esters (lactones) is 1. The van der Waals surface area contributed by atoms with E-state index in [1.165, 1.54) is 14.0 Å². The Labute approximate surface area is 240 Å². The van der Waals surface area contributed by atoms with Crippen molar-refractivity contribution in [2.24, 2.45) is 0 Å². The Kier molecular flexibility index (Phi) is 7.41. The number of hydrogen-bond acceptors (Lipinski definition) is 7. The molecular formula is C34H36O7. The van der Waals surface area contributed by atoms with Gasteiger partial charge in [-0.2, -0.15) is 0 Å². The molecule has 3 aromatic rings. The molecule has 0 amide bonds. The minimum atomic E-state index is -1.72. The van der Waals surface area contributed by atoms with E-state index < -0.39 is 23.3 Å². The maximum absolute atomic E-state index is 14.0. The Morgan fingerprint density at radius 3 is 2.32 bits per heavy atom. The van der Waals surface area contributed by atoms with Gasteiger partial charge in [-0.05, 0) is 69.9 Å². The summed E-state index contributed by atoms with van der Waals surface area (Å²) in [6.07, 6.45) is 3.38. The third kappa shape index (κ3) is 5.09. The molecule has 0 bridgehead atoms. The van der Waals surface area contributed by atoms with Crippen molar-refractivity contribution in [2.75, 3.05) is 7.11 Å². The van der Waals surface area contributed by atoms with Gasteiger partial charge >= 0.3 is 11.9 Å². The number of rotatable bonds is 8. The van der Waals surface area contributed by atoms with Crippen LogP contribution in [0, 0.1) is 6.92 Å². The van der Waals surface area contributed by atoms with Crippen LogP contribution in [0.3, 0.4) is 0 Å². The first-order valence-electron chi connectivity index (χ1n) is 14.1. The summed E-state index contributed by atoms with van der Waals surface area (Å²) in [6.45, 7) is 9.63. The summed E-state index contributed by atoms with van der Waals surface area (Å²) in [5, 5.41) is 0. The Hall–Kier alpha value is -4.13. The van der Waals surface area contributed by atoms with Crippen LogP contribution in [0.5, 0.6) is 11.5 Å². The Morgan fingerprint density at radius 2 is 1.66 bits per heavy atom. The predicted molar refractivity (Wildman–Crippen MR) is 154 cm³/mol. The van der Waals surface area contributed by atoms with E-state index in [0.717, 1.165) is 41.5 Å². The molecular weight excluding hydrogens is 520 g/mol. The first kappa shape index (κ1) is 28.4. The Bertz CT molecular complexity index is 1530. The molecule has 0 fully saturated rings. The van der Waals surface area contributed by atoms with E-state index in [2.05, 4.69) is 13.0 Å². The van der Waals surface area contributed by atoms with Crippen LogP contribution in [0.15, 0.2) is 48.5 Å². The number of hydrogen-bond donors (Lipinski definition) is 0. The van der Waals surface area contributed by atoms with Crippen LogP contribution < -0.4 is 9.47 Å². The minimum absolute atomic E-state index is 0.211. The summed E-state index contributed by atoms with van der Waals surface area (Å²) in [7, 11) is 1.31. The highest BCUT2D eigenvalue weighted by atomic mass is 16.7. The van der Waals surface area contributed by atoms with Crippen molar-refractivity contribution in [3.63, 3.8) is 0 Å². The van der Waals surface area contributed by atoms with Crippen LogP contribution in [-0.4, -0.2) is 24.8 Å². The zero-order chi connectivity index (χ0) is 29.5. The second-order valence-corrected chi connectivity index (χ2v) is 11.4. The number of carbonyl (C=O) groups is 3. The van der Waals surface area contributed by atoms with E-state index in [0.29, 0.717) is 40.2 Å². The number of aryl methyl sites for hydroxylation is 2. The van der Waals surface area contributed by atoms with Crippen molar-refractivity contribution in [1.82, 2.24) is 0 Å². The van der Waals surface area contributed by atoms with Crippen molar-refractivity contribution in [3.8, 4) is 22.6 Å². The minimum Gasteiger partial charge on any atom is -0.482 e. The van der Waals surface area contributed by atoms with Gasteiger partial charge in [-0.1, -0.05) is 55.7 Å². The summed E-state index contributed by atoms with van der Waals surface area (Å²) < 4.78 is 24.3. The SMILES string of the molecule is CCCCCc1cc2c(c3c1C(=O)OC(CC(C)=O)(c1ccc(C(=O)OC)cc1)O3)-c1cc(C)ccc1C(C)(C)O2. The normalized spacial score (nSPS) is 18.1. The average Bonchev–Trinajstić information content (AvgIpc) is 2.91. The molecule has 7 heteroatoms. The van der Waals surface area contributed by atoms with Crippen molar-refractivity contribution >= 4 is 17.7 Å². The zero-order valence-electron chi connectivity index (χ0n) is 24.5. The molecule has 2 heterocycles. The molecule has 3 aromatic carbocycles. The van der Waals surface area contributed by atoms with E-state index in [4.69, 9.17) is 18.9 Å². The highest BCUT2D eigenvalue weighted by molar-refractivity contribution is 6.01. The van der Waals surface area contributed by atoms with Gasteiger partial charge in [0.25, 0.3) is 5.79 Å². The van der Waals surface area contributed by atoms with Gasteiger partial charge < -0.3 is 18.9 Å². The topological polar surface area (TPSA) is 88.1 Å². The number of benzene rings is 3. The van der Waals surface area contributed by atoms with E-state index in [9.17, 15) is 14.4 Å².